The molecule has 0 fully saturated rings. The molecule has 18 heavy (non-hydrogen) atoms. The molecule has 0 aliphatic rings. The van der Waals surface area contributed by atoms with Gasteiger partial charge in [0.25, 0.3) is 0 Å². The maximum absolute atomic E-state index is 13.1. The first-order chi connectivity index (χ1) is 8.07. The van der Waals surface area contributed by atoms with E-state index in [1.807, 2.05) is 0 Å². The van der Waals surface area contributed by atoms with E-state index in [-0.39, 0.29) is 6.07 Å². The number of hydrogen-bond donors (Lipinski definition) is 0. The molecule has 0 aliphatic carbocycles. The quantitative estimate of drug-likeness (QED) is 0.190. The zero-order chi connectivity index (χ0) is 14.2. The number of nitrogens with zero attached hydrogens (tertiary/aromatic N) is 1. The van der Waals surface area contributed by atoms with Crippen LogP contribution in [0, 0.1) is 17.5 Å². The van der Waals surface area contributed by atoms with Crippen molar-refractivity contribution in [1.29, 1.82) is 0 Å². The van der Waals surface area contributed by atoms with E-state index in [0.29, 0.717) is 0 Å². The Morgan fingerprint density at radius 2 is 1.67 bits per heavy atom. The van der Waals surface area contributed by atoms with Gasteiger partial charge in [-0.05, 0) is 23.8 Å². The maximum atomic E-state index is 13.1. The van der Waals surface area contributed by atoms with Crippen LogP contribution in [0.25, 0.3) is 0 Å². The van der Waals surface area contributed by atoms with Gasteiger partial charge in [-0.25, -0.2) is 13.2 Å². The lowest BCUT2D eigenvalue weighted by Crippen LogP contribution is -2.20. The van der Waals surface area contributed by atoms with Crippen LogP contribution >= 0.6 is 23.8 Å². The molecule has 0 N–H and O–H groups in total. The van der Waals surface area contributed by atoms with Gasteiger partial charge in [-0.1, -0.05) is 4.48 Å². The fourth-order valence-corrected chi connectivity index (χ4v) is 1.27. The van der Waals surface area contributed by atoms with Crippen LogP contribution in [0.1, 0.15) is 5.56 Å². The number of thiocarbonyl (C=S) groups is 1. The standard InChI is InChI=1S/C8HClF7NS/c9-7(18)17(16)3-1-2(10)4(8(13,14)15)6(12)5(3)11/h1H. The van der Waals surface area contributed by atoms with Gasteiger partial charge in [0, 0.05) is 6.07 Å². The zero-order valence-corrected chi connectivity index (χ0v) is 9.53. The van der Waals surface area contributed by atoms with Crippen molar-refractivity contribution < 1.29 is 30.8 Å². The molecule has 0 saturated heterocycles. The summed E-state index contributed by atoms with van der Waals surface area (Å²) in [5.41, 5.74) is -3.95. The van der Waals surface area contributed by atoms with Gasteiger partial charge < -0.3 is 0 Å². The molecule has 1 nitrogen and oxygen atoms in total. The predicted molar refractivity (Wildman–Crippen MR) is 53.4 cm³/mol. The number of alkyl halides is 3. The normalized spacial score (nSPS) is 11.6. The van der Waals surface area contributed by atoms with Crippen LogP contribution in [0.5, 0.6) is 0 Å². The van der Waals surface area contributed by atoms with Crippen LogP contribution in [-0.4, -0.2) is 4.45 Å². The van der Waals surface area contributed by atoms with E-state index in [1.165, 1.54) is 0 Å². The molecule has 1 aromatic rings. The number of rotatable bonds is 1. The topological polar surface area (TPSA) is 3.24 Å². The second-order valence-electron chi connectivity index (χ2n) is 2.91. The van der Waals surface area contributed by atoms with Crippen LogP contribution in [0.4, 0.5) is 36.5 Å². The Morgan fingerprint density at radius 3 is 2.06 bits per heavy atom. The van der Waals surface area contributed by atoms with Crippen LogP contribution in [0.2, 0.25) is 0 Å². The molecule has 0 aliphatic heterocycles. The molecule has 0 radical (unpaired) electrons. The van der Waals surface area contributed by atoms with E-state index in [4.69, 9.17) is 11.6 Å². The number of anilines is 1. The van der Waals surface area contributed by atoms with Crippen molar-refractivity contribution in [3.05, 3.63) is 29.1 Å². The monoisotopic (exact) mass is 311 g/mol. The molecule has 0 amide bonds. The lowest BCUT2D eigenvalue weighted by atomic mass is 10.1. The average Bonchev–Trinajstić information content (AvgIpc) is 2.20. The SMILES string of the molecule is Fc1cc(N(F)C(=S)Cl)c(F)c(F)c1C(F)(F)F. The summed E-state index contributed by atoms with van der Waals surface area (Å²) >= 11 is 8.95. The zero-order valence-electron chi connectivity index (χ0n) is 7.96. The highest BCUT2D eigenvalue weighted by atomic mass is 35.5. The highest BCUT2D eigenvalue weighted by Crippen LogP contribution is 2.37. The number of halogens is 8. The van der Waals surface area contributed by atoms with Crippen molar-refractivity contribution in [2.45, 2.75) is 6.18 Å². The van der Waals surface area contributed by atoms with Crippen molar-refractivity contribution >= 4 is 34.0 Å². The van der Waals surface area contributed by atoms with Gasteiger partial charge in [-0.3, -0.25) is 0 Å². The summed E-state index contributed by atoms with van der Waals surface area (Å²) < 4.78 is 87.6. The van der Waals surface area contributed by atoms with Gasteiger partial charge in [0.2, 0.25) is 4.45 Å². The summed E-state index contributed by atoms with van der Waals surface area (Å²) in [5, 5.41) is -0.863. The highest BCUT2D eigenvalue weighted by Gasteiger charge is 2.40. The molecule has 0 unspecified atom stereocenters. The van der Waals surface area contributed by atoms with Crippen LogP contribution in [-0.2, 0) is 6.18 Å². The predicted octanol–water partition coefficient (Wildman–Crippen LogP) is 4.34. The summed E-state index contributed by atoms with van der Waals surface area (Å²) in [6.07, 6.45) is -5.46. The second-order valence-corrected chi connectivity index (χ2v) is 3.88. The van der Waals surface area contributed by atoms with Gasteiger partial charge in [0.15, 0.2) is 11.6 Å². The fraction of sp³-hybridized carbons (Fsp3) is 0.125. The van der Waals surface area contributed by atoms with E-state index in [2.05, 4.69) is 12.2 Å². The minimum Gasteiger partial charge on any atom is -0.206 e. The third-order valence-electron chi connectivity index (χ3n) is 1.79. The average molecular weight is 312 g/mol. The van der Waals surface area contributed by atoms with E-state index >= 15 is 0 Å². The van der Waals surface area contributed by atoms with E-state index in [1.54, 1.807) is 0 Å². The summed E-state index contributed by atoms with van der Waals surface area (Å²) in [6.45, 7) is 0. The lowest BCUT2D eigenvalue weighted by molar-refractivity contribution is -0.142. The first kappa shape index (κ1) is 15.0. The summed E-state index contributed by atoms with van der Waals surface area (Å²) in [5.74, 6) is -7.02. The minimum absolute atomic E-state index is 0.198. The molecule has 1 rings (SSSR count). The van der Waals surface area contributed by atoms with E-state index in [0.717, 1.165) is 0 Å². The molecule has 0 atom stereocenters. The van der Waals surface area contributed by atoms with E-state index < -0.39 is 44.4 Å². The van der Waals surface area contributed by atoms with Crippen molar-refractivity contribution in [3.63, 3.8) is 0 Å². The van der Waals surface area contributed by atoms with Crippen molar-refractivity contribution in [2.75, 3.05) is 5.12 Å². The highest BCUT2D eigenvalue weighted by molar-refractivity contribution is 7.83. The van der Waals surface area contributed by atoms with Crippen LogP contribution in [0.3, 0.4) is 0 Å². The molecular formula is C8HClF7NS. The van der Waals surface area contributed by atoms with Gasteiger partial charge in [0.05, 0.1) is 0 Å². The molecule has 0 heterocycles. The first-order valence-corrected chi connectivity index (χ1v) is 4.76. The molecule has 0 bridgehead atoms. The Hall–Kier alpha value is -1.09. The molecule has 10 heteroatoms. The van der Waals surface area contributed by atoms with Gasteiger partial charge >= 0.3 is 6.18 Å². The van der Waals surface area contributed by atoms with Crippen molar-refractivity contribution in [1.82, 2.24) is 0 Å². The third kappa shape index (κ3) is 2.66. The van der Waals surface area contributed by atoms with Gasteiger partial charge in [0.1, 0.15) is 17.1 Å². The number of hydrogen-bond acceptors (Lipinski definition) is 1. The largest absolute Gasteiger partial charge is 0.422 e. The Morgan fingerprint density at radius 1 is 1.17 bits per heavy atom. The maximum Gasteiger partial charge on any atom is 0.422 e. The van der Waals surface area contributed by atoms with Crippen LogP contribution in [0.15, 0.2) is 6.07 Å². The van der Waals surface area contributed by atoms with Crippen LogP contribution < -0.4 is 5.12 Å². The minimum atomic E-state index is -5.46. The van der Waals surface area contributed by atoms with Crippen molar-refractivity contribution in [2.24, 2.45) is 0 Å². The summed E-state index contributed by atoms with van der Waals surface area (Å²) in [7, 11) is 0. The van der Waals surface area contributed by atoms with Gasteiger partial charge in [-0.2, -0.15) is 18.3 Å². The molecule has 0 spiro atoms. The molecule has 100 valence electrons. The molecule has 0 saturated carbocycles. The smallest absolute Gasteiger partial charge is 0.206 e. The Kier molecular flexibility index (Phi) is 4.06. The first-order valence-electron chi connectivity index (χ1n) is 3.97. The summed E-state index contributed by atoms with van der Waals surface area (Å²) in [4.78, 5) is 0. The fourth-order valence-electron chi connectivity index (χ4n) is 1.08. The lowest BCUT2D eigenvalue weighted by Gasteiger charge is -2.15. The molecular weight excluding hydrogens is 311 g/mol. The Balaban J connectivity index is 3.52. The van der Waals surface area contributed by atoms with Gasteiger partial charge in [-0.15, -0.1) is 0 Å². The Bertz CT molecular complexity index is 501. The molecule has 0 aromatic heterocycles. The van der Waals surface area contributed by atoms with Crippen molar-refractivity contribution in [3.8, 4) is 0 Å². The second kappa shape index (κ2) is 4.88. The molecule has 1 aromatic carbocycles. The van der Waals surface area contributed by atoms with E-state index in [9.17, 15) is 30.8 Å². The number of benzene rings is 1. The Labute approximate surface area is 106 Å². The summed E-state index contributed by atoms with van der Waals surface area (Å²) in [6, 6.07) is -0.198. The third-order valence-corrected chi connectivity index (χ3v) is 2.10.